The molecule has 0 aliphatic carbocycles. The third-order valence-corrected chi connectivity index (χ3v) is 2.18. The first-order valence-electron chi connectivity index (χ1n) is 4.67. The van der Waals surface area contributed by atoms with Gasteiger partial charge in [0, 0.05) is 17.8 Å². The molecule has 0 unspecified atom stereocenters. The highest BCUT2D eigenvalue weighted by atomic mass is 19.1. The molecule has 2 nitrogen and oxygen atoms in total. The summed E-state index contributed by atoms with van der Waals surface area (Å²) in [6.45, 7) is 0. The fraction of sp³-hybridized carbons (Fsp3) is 0.0833. The van der Waals surface area contributed by atoms with E-state index in [0.29, 0.717) is 0 Å². The Morgan fingerprint density at radius 2 is 2.00 bits per heavy atom. The van der Waals surface area contributed by atoms with Crippen molar-refractivity contribution in [1.29, 1.82) is 0 Å². The van der Waals surface area contributed by atoms with Crippen LogP contribution in [0.4, 0.5) is 8.78 Å². The molecule has 2 aromatic rings. The number of benzene rings is 1. The summed E-state index contributed by atoms with van der Waals surface area (Å²) >= 11 is 0. The van der Waals surface area contributed by atoms with Gasteiger partial charge in [-0.3, -0.25) is 4.98 Å². The van der Waals surface area contributed by atoms with Crippen molar-refractivity contribution >= 4 is 0 Å². The van der Waals surface area contributed by atoms with Gasteiger partial charge in [0.2, 0.25) is 0 Å². The van der Waals surface area contributed by atoms with Gasteiger partial charge in [-0.1, -0.05) is 6.07 Å². The molecule has 0 amide bonds. The molecule has 1 aromatic heterocycles. The Bertz CT molecular complexity index is 514. The Balaban J connectivity index is 2.56. The van der Waals surface area contributed by atoms with Gasteiger partial charge in [0.05, 0.1) is 12.8 Å². The van der Waals surface area contributed by atoms with E-state index in [4.69, 9.17) is 4.74 Å². The van der Waals surface area contributed by atoms with Crippen molar-refractivity contribution in [2.75, 3.05) is 7.11 Å². The van der Waals surface area contributed by atoms with Gasteiger partial charge in [0.1, 0.15) is 5.82 Å². The van der Waals surface area contributed by atoms with E-state index >= 15 is 0 Å². The molecule has 2 rings (SSSR count). The Morgan fingerprint density at radius 3 is 2.69 bits per heavy atom. The van der Waals surface area contributed by atoms with Gasteiger partial charge in [-0.25, -0.2) is 8.78 Å². The highest BCUT2D eigenvalue weighted by Crippen LogP contribution is 2.27. The maximum absolute atomic E-state index is 13.8. The molecule has 0 radical (unpaired) electrons. The summed E-state index contributed by atoms with van der Waals surface area (Å²) in [4.78, 5) is 3.91. The number of ether oxygens (including phenoxy) is 1. The summed E-state index contributed by atoms with van der Waals surface area (Å²) in [6, 6.07) is 7.04. The molecule has 0 spiro atoms. The lowest BCUT2D eigenvalue weighted by atomic mass is 10.1. The number of hydrogen-bond donors (Lipinski definition) is 0. The SMILES string of the molecule is COc1cccc(-c2cc(F)ccn2)c1F. The van der Waals surface area contributed by atoms with Crippen LogP contribution in [-0.4, -0.2) is 12.1 Å². The van der Waals surface area contributed by atoms with Gasteiger partial charge in [-0.05, 0) is 18.2 Å². The van der Waals surface area contributed by atoms with Gasteiger partial charge in [-0.2, -0.15) is 0 Å². The number of hydrogen-bond acceptors (Lipinski definition) is 2. The molecule has 1 heterocycles. The van der Waals surface area contributed by atoms with E-state index in [-0.39, 0.29) is 17.0 Å². The highest BCUT2D eigenvalue weighted by Gasteiger charge is 2.11. The molecular weight excluding hydrogens is 212 g/mol. The molecule has 0 fully saturated rings. The molecule has 0 atom stereocenters. The minimum atomic E-state index is -0.539. The molecular formula is C12H9F2NO. The maximum Gasteiger partial charge on any atom is 0.174 e. The standard InChI is InChI=1S/C12H9F2NO/c1-16-11-4-2-3-9(12(11)14)10-7-8(13)5-6-15-10/h2-7H,1H3. The van der Waals surface area contributed by atoms with Gasteiger partial charge in [0.25, 0.3) is 0 Å². The van der Waals surface area contributed by atoms with Crippen molar-refractivity contribution in [3.05, 3.63) is 48.2 Å². The smallest absolute Gasteiger partial charge is 0.174 e. The van der Waals surface area contributed by atoms with E-state index in [1.165, 1.54) is 37.6 Å². The van der Waals surface area contributed by atoms with Crippen molar-refractivity contribution in [3.8, 4) is 17.0 Å². The quantitative estimate of drug-likeness (QED) is 0.777. The monoisotopic (exact) mass is 221 g/mol. The first kappa shape index (κ1) is 10.5. The molecule has 1 aromatic carbocycles. The predicted molar refractivity (Wildman–Crippen MR) is 56.1 cm³/mol. The van der Waals surface area contributed by atoms with Gasteiger partial charge < -0.3 is 4.74 Å². The van der Waals surface area contributed by atoms with Crippen LogP contribution in [0.5, 0.6) is 5.75 Å². The molecule has 0 saturated heterocycles. The largest absolute Gasteiger partial charge is 0.494 e. The summed E-state index contributed by atoms with van der Waals surface area (Å²) in [5, 5.41) is 0. The molecule has 0 saturated carbocycles. The maximum atomic E-state index is 13.8. The minimum Gasteiger partial charge on any atom is -0.494 e. The van der Waals surface area contributed by atoms with Crippen molar-refractivity contribution in [2.45, 2.75) is 0 Å². The zero-order valence-electron chi connectivity index (χ0n) is 8.58. The molecule has 0 N–H and O–H groups in total. The third kappa shape index (κ3) is 1.86. The zero-order chi connectivity index (χ0) is 11.5. The molecule has 0 bridgehead atoms. The predicted octanol–water partition coefficient (Wildman–Crippen LogP) is 3.04. The number of halogens is 2. The van der Waals surface area contributed by atoms with Crippen LogP contribution in [0, 0.1) is 11.6 Å². The van der Waals surface area contributed by atoms with E-state index in [9.17, 15) is 8.78 Å². The van der Waals surface area contributed by atoms with Crippen LogP contribution in [0.2, 0.25) is 0 Å². The molecule has 4 heteroatoms. The summed E-state index contributed by atoms with van der Waals surface area (Å²) in [7, 11) is 1.38. The van der Waals surface area contributed by atoms with Gasteiger partial charge >= 0.3 is 0 Å². The molecule has 82 valence electrons. The summed E-state index contributed by atoms with van der Waals surface area (Å²) in [6.07, 6.45) is 1.30. The first-order valence-corrected chi connectivity index (χ1v) is 4.67. The number of pyridine rings is 1. The van der Waals surface area contributed by atoms with Crippen LogP contribution in [0.3, 0.4) is 0 Å². The van der Waals surface area contributed by atoms with Crippen molar-refractivity contribution in [1.82, 2.24) is 4.98 Å². The Labute approximate surface area is 91.5 Å². The average molecular weight is 221 g/mol. The van der Waals surface area contributed by atoms with Crippen molar-refractivity contribution < 1.29 is 13.5 Å². The summed E-state index contributed by atoms with van der Waals surface area (Å²) < 4.78 is 31.6. The van der Waals surface area contributed by atoms with E-state index in [0.717, 1.165) is 0 Å². The summed E-state index contributed by atoms with van der Waals surface area (Å²) in [5.74, 6) is -0.876. The van der Waals surface area contributed by atoms with Crippen LogP contribution in [0.1, 0.15) is 0 Å². The third-order valence-electron chi connectivity index (χ3n) is 2.18. The lowest BCUT2D eigenvalue weighted by Crippen LogP contribution is -1.93. The second-order valence-electron chi connectivity index (χ2n) is 3.18. The van der Waals surface area contributed by atoms with Crippen LogP contribution < -0.4 is 4.74 Å². The lowest BCUT2D eigenvalue weighted by Gasteiger charge is -2.06. The number of nitrogens with zero attached hydrogens (tertiary/aromatic N) is 1. The zero-order valence-corrected chi connectivity index (χ0v) is 8.58. The van der Waals surface area contributed by atoms with E-state index < -0.39 is 11.6 Å². The minimum absolute atomic E-state index is 0.114. The molecule has 0 aliphatic rings. The second-order valence-corrected chi connectivity index (χ2v) is 3.18. The van der Waals surface area contributed by atoms with E-state index in [1.54, 1.807) is 6.07 Å². The molecule has 0 aliphatic heterocycles. The number of rotatable bonds is 2. The normalized spacial score (nSPS) is 10.2. The Hall–Kier alpha value is -1.97. The number of aromatic nitrogens is 1. The van der Waals surface area contributed by atoms with Gasteiger partial charge in [-0.15, -0.1) is 0 Å². The van der Waals surface area contributed by atoms with E-state index in [2.05, 4.69) is 4.98 Å². The van der Waals surface area contributed by atoms with Crippen molar-refractivity contribution in [2.24, 2.45) is 0 Å². The van der Waals surface area contributed by atoms with Crippen LogP contribution in [0.25, 0.3) is 11.3 Å². The highest BCUT2D eigenvalue weighted by molar-refractivity contribution is 5.62. The fourth-order valence-electron chi connectivity index (χ4n) is 1.42. The molecule has 16 heavy (non-hydrogen) atoms. The van der Waals surface area contributed by atoms with Crippen LogP contribution in [0.15, 0.2) is 36.5 Å². The average Bonchev–Trinajstić information content (AvgIpc) is 2.29. The Kier molecular flexibility index (Phi) is 2.81. The Morgan fingerprint density at radius 1 is 1.19 bits per heavy atom. The van der Waals surface area contributed by atoms with Crippen molar-refractivity contribution in [3.63, 3.8) is 0 Å². The first-order chi connectivity index (χ1) is 7.72. The topological polar surface area (TPSA) is 22.1 Å². The van der Waals surface area contributed by atoms with Gasteiger partial charge in [0.15, 0.2) is 11.6 Å². The summed E-state index contributed by atoms with van der Waals surface area (Å²) in [5.41, 5.74) is 0.468. The fourth-order valence-corrected chi connectivity index (χ4v) is 1.42. The second kappa shape index (κ2) is 4.26. The van der Waals surface area contributed by atoms with Crippen LogP contribution in [-0.2, 0) is 0 Å². The van der Waals surface area contributed by atoms with Crippen LogP contribution >= 0.6 is 0 Å². The van der Waals surface area contributed by atoms with E-state index in [1.807, 2.05) is 0 Å². The number of methoxy groups -OCH3 is 1. The lowest BCUT2D eigenvalue weighted by molar-refractivity contribution is 0.387.